The standard InChI is InChI=1S/C51H88NO10P/c1-3-5-7-9-11-13-15-17-19-21-23-25-27-29-31-33-35-37-39-41-43-50(54)62-47(45-60-63(57,58)61-46-48(52)51(55)56)44-59-49(53)42-40-38-36-34-32-30-28-26-24-22-20-18-16-14-12-10-8-6-4-2/h6,8,12,14,18,20,24,26,30,32,36,38,47-48H,3-5,7,9-11,13,15-17,19,21-23,25,27-29,31,33-35,37,39-46,52H2,1-2H3,(H,55,56)(H,57,58)/b8-6+,14-12+,20-18+,26-24+,32-30+,38-36+/t47-,48+/m1/s1. The van der Waals surface area contributed by atoms with Crippen LogP contribution in [0.15, 0.2) is 72.9 Å². The molecule has 3 atom stereocenters. The van der Waals surface area contributed by atoms with Crippen molar-refractivity contribution in [3.8, 4) is 0 Å². The number of nitrogens with two attached hydrogens (primary N) is 1. The lowest BCUT2D eigenvalue weighted by Crippen LogP contribution is -2.34. The van der Waals surface area contributed by atoms with Crippen LogP contribution in [0.25, 0.3) is 0 Å². The van der Waals surface area contributed by atoms with Crippen molar-refractivity contribution >= 4 is 25.7 Å². The van der Waals surface area contributed by atoms with Gasteiger partial charge in [-0.2, -0.15) is 0 Å². The molecule has 0 fully saturated rings. The monoisotopic (exact) mass is 906 g/mol. The number of carbonyl (C=O) groups is 3. The number of allylic oxidation sites excluding steroid dienone is 12. The predicted molar refractivity (Wildman–Crippen MR) is 258 cm³/mol. The van der Waals surface area contributed by atoms with Crippen molar-refractivity contribution in [2.24, 2.45) is 5.73 Å². The molecule has 0 saturated heterocycles. The van der Waals surface area contributed by atoms with E-state index >= 15 is 0 Å². The number of rotatable bonds is 45. The Kier molecular flexibility index (Phi) is 43.3. The van der Waals surface area contributed by atoms with Gasteiger partial charge in [0.05, 0.1) is 13.2 Å². The van der Waals surface area contributed by atoms with Crippen LogP contribution in [0.2, 0.25) is 0 Å². The van der Waals surface area contributed by atoms with Gasteiger partial charge in [-0.25, -0.2) is 4.57 Å². The van der Waals surface area contributed by atoms with E-state index in [1.165, 1.54) is 103 Å². The van der Waals surface area contributed by atoms with Crippen molar-refractivity contribution in [1.82, 2.24) is 0 Å². The molecule has 0 radical (unpaired) electrons. The number of esters is 2. The number of phosphoric acid groups is 1. The van der Waals surface area contributed by atoms with Crippen LogP contribution in [-0.2, 0) is 37.5 Å². The molecule has 0 heterocycles. The Hall–Kier alpha value is -3.08. The Morgan fingerprint density at radius 3 is 1.30 bits per heavy atom. The molecular formula is C51H88NO10P. The van der Waals surface area contributed by atoms with Crippen LogP contribution in [0.4, 0.5) is 0 Å². The van der Waals surface area contributed by atoms with Crippen molar-refractivity contribution in [3.63, 3.8) is 0 Å². The average molecular weight is 906 g/mol. The summed E-state index contributed by atoms with van der Waals surface area (Å²) in [5, 5.41) is 8.91. The van der Waals surface area contributed by atoms with Crippen LogP contribution in [0.3, 0.4) is 0 Å². The third-order valence-corrected chi connectivity index (χ3v) is 11.2. The fraction of sp³-hybridized carbons (Fsp3) is 0.706. The number of unbranched alkanes of at least 4 members (excludes halogenated alkanes) is 19. The first-order valence-corrected chi connectivity index (χ1v) is 26.0. The summed E-state index contributed by atoms with van der Waals surface area (Å²) in [6.07, 6.45) is 55.5. The van der Waals surface area contributed by atoms with E-state index in [-0.39, 0.29) is 19.4 Å². The molecule has 12 heteroatoms. The molecule has 63 heavy (non-hydrogen) atoms. The highest BCUT2D eigenvalue weighted by molar-refractivity contribution is 7.47. The maximum Gasteiger partial charge on any atom is 0.472 e. The first-order chi connectivity index (χ1) is 30.6. The Labute approximate surface area is 382 Å². The number of carboxylic acids is 1. The second-order valence-corrected chi connectivity index (χ2v) is 17.7. The molecule has 0 aromatic rings. The molecule has 0 aliphatic carbocycles. The second kappa shape index (κ2) is 45.5. The van der Waals surface area contributed by atoms with Crippen LogP contribution in [0.1, 0.15) is 200 Å². The molecule has 0 amide bonds. The summed E-state index contributed by atoms with van der Waals surface area (Å²) in [7, 11) is -4.74. The molecule has 1 unspecified atom stereocenters. The number of aliphatic carboxylic acids is 1. The summed E-state index contributed by atoms with van der Waals surface area (Å²) in [6, 6.07) is -1.53. The molecule has 11 nitrogen and oxygen atoms in total. The third-order valence-electron chi connectivity index (χ3n) is 10.2. The van der Waals surface area contributed by atoms with E-state index < -0.39 is 51.1 Å². The fourth-order valence-corrected chi connectivity index (χ4v) is 7.22. The molecule has 0 saturated carbocycles. The van der Waals surface area contributed by atoms with Crippen LogP contribution in [-0.4, -0.2) is 59.9 Å². The van der Waals surface area contributed by atoms with Gasteiger partial charge < -0.3 is 25.2 Å². The molecule has 0 spiro atoms. The molecule has 0 aromatic carbocycles. The summed E-state index contributed by atoms with van der Waals surface area (Å²) >= 11 is 0. The second-order valence-electron chi connectivity index (χ2n) is 16.2. The molecule has 0 aromatic heterocycles. The highest BCUT2D eigenvalue weighted by Gasteiger charge is 2.28. The predicted octanol–water partition coefficient (Wildman–Crippen LogP) is 13.7. The summed E-state index contributed by atoms with van der Waals surface area (Å²) in [4.78, 5) is 46.1. The van der Waals surface area contributed by atoms with Crippen molar-refractivity contribution in [2.45, 2.75) is 212 Å². The SMILES string of the molecule is CC/C=C/C/C=C/C/C=C/C/C=C/C/C=C/C/C=C/CCC(=O)OC[C@H](COP(=O)(O)OC[C@H](N)C(=O)O)OC(=O)CCCCCCCCCCCCCCCCCCCCCC. The lowest BCUT2D eigenvalue weighted by Gasteiger charge is -2.20. The summed E-state index contributed by atoms with van der Waals surface area (Å²) in [5.41, 5.74) is 5.34. The minimum atomic E-state index is -4.74. The molecule has 0 rings (SSSR count). The topological polar surface area (TPSA) is 172 Å². The fourth-order valence-electron chi connectivity index (χ4n) is 6.44. The van der Waals surface area contributed by atoms with Crippen molar-refractivity contribution in [3.05, 3.63) is 72.9 Å². The van der Waals surface area contributed by atoms with E-state index in [1.807, 2.05) is 12.2 Å². The first kappa shape index (κ1) is 59.9. The molecule has 4 N–H and O–H groups in total. The third kappa shape index (κ3) is 45.3. The Balaban J connectivity index is 4.38. The van der Waals surface area contributed by atoms with E-state index in [0.29, 0.717) is 12.8 Å². The number of hydrogen-bond acceptors (Lipinski definition) is 9. The van der Waals surface area contributed by atoms with Gasteiger partial charge in [-0.15, -0.1) is 0 Å². The number of hydrogen-bond donors (Lipinski definition) is 3. The zero-order valence-corrected chi connectivity index (χ0v) is 40.3. The Morgan fingerprint density at radius 2 is 0.889 bits per heavy atom. The maximum atomic E-state index is 12.7. The van der Waals surface area contributed by atoms with E-state index in [2.05, 4.69) is 79.1 Å². The Morgan fingerprint density at radius 1 is 0.508 bits per heavy atom. The van der Waals surface area contributed by atoms with Gasteiger partial charge in [-0.3, -0.25) is 23.4 Å². The van der Waals surface area contributed by atoms with Gasteiger partial charge in [0.2, 0.25) is 0 Å². The zero-order valence-electron chi connectivity index (χ0n) is 39.4. The minimum Gasteiger partial charge on any atom is -0.480 e. The van der Waals surface area contributed by atoms with Gasteiger partial charge in [0.15, 0.2) is 6.10 Å². The molecule has 0 bridgehead atoms. The molecule has 0 aliphatic heterocycles. The van der Waals surface area contributed by atoms with Gasteiger partial charge in [0.1, 0.15) is 12.6 Å². The van der Waals surface area contributed by atoms with Crippen LogP contribution >= 0.6 is 7.82 Å². The smallest absolute Gasteiger partial charge is 0.472 e. The number of carbonyl (C=O) groups excluding carboxylic acids is 2. The summed E-state index contributed by atoms with van der Waals surface area (Å²) < 4.78 is 32.7. The van der Waals surface area contributed by atoms with E-state index in [1.54, 1.807) is 0 Å². The van der Waals surface area contributed by atoms with Gasteiger partial charge in [-0.05, 0) is 51.4 Å². The largest absolute Gasteiger partial charge is 0.480 e. The van der Waals surface area contributed by atoms with Gasteiger partial charge >= 0.3 is 25.7 Å². The lowest BCUT2D eigenvalue weighted by atomic mass is 10.0. The number of phosphoric ester groups is 1. The van der Waals surface area contributed by atoms with E-state index in [4.69, 9.17) is 24.8 Å². The average Bonchev–Trinajstić information content (AvgIpc) is 3.26. The van der Waals surface area contributed by atoms with Crippen LogP contribution in [0.5, 0.6) is 0 Å². The maximum absolute atomic E-state index is 12.7. The normalized spacial score (nSPS) is 14.2. The molecular weight excluding hydrogens is 818 g/mol. The van der Waals surface area contributed by atoms with E-state index in [9.17, 15) is 23.8 Å². The van der Waals surface area contributed by atoms with Crippen molar-refractivity contribution in [1.29, 1.82) is 0 Å². The van der Waals surface area contributed by atoms with Crippen LogP contribution < -0.4 is 5.73 Å². The van der Waals surface area contributed by atoms with Crippen LogP contribution in [0, 0.1) is 0 Å². The van der Waals surface area contributed by atoms with Gasteiger partial charge in [-0.1, -0.05) is 209 Å². The van der Waals surface area contributed by atoms with Gasteiger partial charge in [0.25, 0.3) is 0 Å². The van der Waals surface area contributed by atoms with E-state index in [0.717, 1.165) is 57.8 Å². The zero-order chi connectivity index (χ0) is 46.3. The van der Waals surface area contributed by atoms with Crippen molar-refractivity contribution < 1.29 is 47.5 Å². The Bertz CT molecular complexity index is 1340. The molecule has 0 aliphatic rings. The summed E-state index contributed by atoms with van der Waals surface area (Å²) in [5.74, 6) is -2.48. The number of ether oxygens (including phenoxy) is 2. The molecule has 362 valence electrons. The highest BCUT2D eigenvalue weighted by Crippen LogP contribution is 2.43. The number of carboxylic acid groups (broad SMARTS) is 1. The lowest BCUT2D eigenvalue weighted by molar-refractivity contribution is -0.161. The first-order valence-electron chi connectivity index (χ1n) is 24.5. The van der Waals surface area contributed by atoms with Crippen molar-refractivity contribution in [2.75, 3.05) is 19.8 Å². The van der Waals surface area contributed by atoms with Gasteiger partial charge in [0, 0.05) is 12.8 Å². The summed E-state index contributed by atoms with van der Waals surface area (Å²) in [6.45, 7) is 2.64. The highest BCUT2D eigenvalue weighted by atomic mass is 31.2. The quantitative estimate of drug-likeness (QED) is 0.0230. The minimum absolute atomic E-state index is 0.0950.